The molecule has 2 aromatic heterocycles. The Morgan fingerprint density at radius 1 is 1.28 bits per heavy atom. The fourth-order valence-corrected chi connectivity index (χ4v) is 6.68. The molecular weight excluding hydrogens is 444 g/mol. The van der Waals surface area contributed by atoms with E-state index in [2.05, 4.69) is 19.9 Å². The van der Waals surface area contributed by atoms with Crippen LogP contribution in [0.2, 0.25) is 0 Å². The molecule has 1 aliphatic carbocycles. The number of rotatable bonds is 6. The standard InChI is InChI=1S/C19H25F2N7O3S/c1-25(9-14-8-19(20,21)11-27(14)13-29)32(30,31)28-7-6-26(10-18(28)3-4-18)17-15-2-5-22-16(15)23-12-24-17/h2,5,12-14H,3-4,6-11H2,1H3,(H,22,23,24)/t14-/m0/s1. The first-order chi connectivity index (χ1) is 15.2. The van der Waals surface area contributed by atoms with Crippen molar-refractivity contribution in [3.63, 3.8) is 0 Å². The van der Waals surface area contributed by atoms with Crippen molar-refractivity contribution in [3.05, 3.63) is 18.6 Å². The highest BCUT2D eigenvalue weighted by molar-refractivity contribution is 7.86. The number of fused-ring (bicyclic) bond motifs is 1. The second-order valence-electron chi connectivity index (χ2n) is 8.94. The number of hydrogen-bond acceptors (Lipinski definition) is 6. The van der Waals surface area contributed by atoms with Crippen molar-refractivity contribution < 1.29 is 22.0 Å². The highest BCUT2D eigenvalue weighted by Gasteiger charge is 2.57. The van der Waals surface area contributed by atoms with Crippen molar-refractivity contribution in [2.24, 2.45) is 0 Å². The minimum atomic E-state index is -3.89. The molecule has 0 bridgehead atoms. The summed E-state index contributed by atoms with van der Waals surface area (Å²) in [7, 11) is -2.49. The molecule has 2 saturated heterocycles. The van der Waals surface area contributed by atoms with Gasteiger partial charge in [-0.2, -0.15) is 17.0 Å². The molecule has 1 amide bonds. The van der Waals surface area contributed by atoms with Gasteiger partial charge in [0.15, 0.2) is 0 Å². The van der Waals surface area contributed by atoms with E-state index in [1.54, 1.807) is 6.20 Å². The number of aromatic nitrogens is 3. The van der Waals surface area contributed by atoms with Crippen molar-refractivity contribution >= 4 is 33.5 Å². The van der Waals surface area contributed by atoms with Crippen LogP contribution in [-0.4, -0.2) is 101 Å². The normalized spacial score (nSPS) is 25.2. The molecule has 1 saturated carbocycles. The molecule has 174 valence electrons. The van der Waals surface area contributed by atoms with Crippen LogP contribution in [0.15, 0.2) is 18.6 Å². The van der Waals surface area contributed by atoms with Gasteiger partial charge in [0.25, 0.3) is 16.1 Å². The zero-order chi connectivity index (χ0) is 22.7. The first-order valence-corrected chi connectivity index (χ1v) is 11.9. The van der Waals surface area contributed by atoms with Crippen LogP contribution in [0, 0.1) is 0 Å². The van der Waals surface area contributed by atoms with Crippen LogP contribution in [0.4, 0.5) is 14.6 Å². The summed E-state index contributed by atoms with van der Waals surface area (Å²) in [6.07, 6.45) is 4.56. The summed E-state index contributed by atoms with van der Waals surface area (Å²) >= 11 is 0. The molecule has 1 spiro atoms. The van der Waals surface area contributed by atoms with Crippen LogP contribution < -0.4 is 4.90 Å². The number of aromatic amines is 1. The Morgan fingerprint density at radius 2 is 2.06 bits per heavy atom. The number of hydrogen-bond donors (Lipinski definition) is 1. The van der Waals surface area contributed by atoms with E-state index in [0.29, 0.717) is 19.5 Å². The van der Waals surface area contributed by atoms with Gasteiger partial charge in [0.1, 0.15) is 17.8 Å². The Balaban J connectivity index is 1.33. The minimum Gasteiger partial charge on any atom is -0.353 e. The van der Waals surface area contributed by atoms with Crippen LogP contribution >= 0.6 is 0 Å². The third-order valence-corrected chi connectivity index (χ3v) is 8.80. The number of likely N-dealkylation sites (tertiary alicyclic amines) is 1. The largest absolute Gasteiger partial charge is 0.353 e. The Bertz CT molecular complexity index is 1140. The quantitative estimate of drug-likeness (QED) is 0.623. The zero-order valence-electron chi connectivity index (χ0n) is 17.6. The first-order valence-electron chi connectivity index (χ1n) is 10.5. The van der Waals surface area contributed by atoms with Crippen molar-refractivity contribution in [3.8, 4) is 0 Å². The third-order valence-electron chi connectivity index (χ3n) is 6.74. The molecule has 2 aliphatic heterocycles. The second kappa shape index (κ2) is 7.32. The topological polar surface area (TPSA) is 106 Å². The lowest BCUT2D eigenvalue weighted by Crippen LogP contribution is -2.60. The fraction of sp³-hybridized carbons (Fsp3) is 0.632. The lowest BCUT2D eigenvalue weighted by molar-refractivity contribution is -0.120. The van der Waals surface area contributed by atoms with Gasteiger partial charge in [-0.15, -0.1) is 0 Å². The third kappa shape index (κ3) is 3.52. The highest BCUT2D eigenvalue weighted by atomic mass is 32.2. The summed E-state index contributed by atoms with van der Waals surface area (Å²) in [5.74, 6) is -2.23. The number of likely N-dealkylation sites (N-methyl/N-ethyl adjacent to an activating group) is 1. The lowest BCUT2D eigenvalue weighted by Gasteiger charge is -2.43. The minimum absolute atomic E-state index is 0.164. The van der Waals surface area contributed by atoms with E-state index in [-0.39, 0.29) is 13.1 Å². The average molecular weight is 470 g/mol. The molecule has 3 fully saturated rings. The monoisotopic (exact) mass is 469 g/mol. The van der Waals surface area contributed by atoms with Gasteiger partial charge in [-0.1, -0.05) is 0 Å². The number of amides is 1. The van der Waals surface area contributed by atoms with E-state index in [9.17, 15) is 22.0 Å². The number of anilines is 1. The molecule has 5 rings (SSSR count). The molecule has 0 aromatic carbocycles. The number of halogens is 2. The molecule has 13 heteroatoms. The van der Waals surface area contributed by atoms with Crippen LogP contribution in [-0.2, 0) is 15.0 Å². The van der Waals surface area contributed by atoms with Crippen LogP contribution in [0.3, 0.4) is 0 Å². The van der Waals surface area contributed by atoms with E-state index in [1.807, 2.05) is 6.07 Å². The summed E-state index contributed by atoms with van der Waals surface area (Å²) in [4.78, 5) is 26.0. The molecule has 1 N–H and O–H groups in total. The van der Waals surface area contributed by atoms with Gasteiger partial charge in [-0.05, 0) is 18.9 Å². The van der Waals surface area contributed by atoms with Gasteiger partial charge in [0.05, 0.1) is 23.5 Å². The van der Waals surface area contributed by atoms with E-state index in [1.165, 1.54) is 17.7 Å². The fourth-order valence-electron chi connectivity index (χ4n) is 4.94. The van der Waals surface area contributed by atoms with Gasteiger partial charge < -0.3 is 14.8 Å². The molecular formula is C19H25F2N7O3S. The lowest BCUT2D eigenvalue weighted by atomic mass is 10.2. The summed E-state index contributed by atoms with van der Waals surface area (Å²) < 4.78 is 57.0. The number of alkyl halides is 2. The smallest absolute Gasteiger partial charge is 0.282 e. The molecule has 1 atom stereocenters. The number of carbonyl (C=O) groups excluding carboxylic acids is 1. The van der Waals surface area contributed by atoms with Crippen LogP contribution in [0.25, 0.3) is 11.0 Å². The Labute approximate surface area is 184 Å². The second-order valence-corrected chi connectivity index (χ2v) is 10.9. The van der Waals surface area contributed by atoms with Crippen LogP contribution in [0.1, 0.15) is 19.3 Å². The summed E-state index contributed by atoms with van der Waals surface area (Å²) in [5, 5.41) is 0.882. The molecule has 10 nitrogen and oxygen atoms in total. The van der Waals surface area contributed by atoms with Gasteiger partial charge in [-0.3, -0.25) is 4.79 Å². The first kappa shape index (κ1) is 21.5. The molecule has 3 aliphatic rings. The average Bonchev–Trinajstić information content (AvgIpc) is 3.20. The summed E-state index contributed by atoms with van der Waals surface area (Å²) in [6.45, 7) is 0.376. The van der Waals surface area contributed by atoms with Crippen molar-refractivity contribution in [1.29, 1.82) is 0 Å². The highest BCUT2D eigenvalue weighted by Crippen LogP contribution is 2.47. The molecule has 0 unspecified atom stereocenters. The number of nitrogens with zero attached hydrogens (tertiary/aromatic N) is 6. The number of carbonyl (C=O) groups is 1. The number of H-pyrrole nitrogens is 1. The number of nitrogens with one attached hydrogen (secondary N) is 1. The molecule has 32 heavy (non-hydrogen) atoms. The SMILES string of the molecule is CN(C[C@@H]1CC(F)(F)CN1C=O)S(=O)(=O)N1CCN(c2ncnc3[nH]ccc23)CC12CC2. The predicted octanol–water partition coefficient (Wildman–Crippen LogP) is 0.655. The van der Waals surface area contributed by atoms with E-state index in [4.69, 9.17) is 0 Å². The molecule has 2 aromatic rings. The zero-order valence-corrected chi connectivity index (χ0v) is 18.4. The van der Waals surface area contributed by atoms with E-state index < -0.39 is 40.7 Å². The molecule has 4 heterocycles. The Hall–Kier alpha value is -2.38. The predicted molar refractivity (Wildman–Crippen MR) is 112 cm³/mol. The Kier molecular flexibility index (Phi) is 4.91. The van der Waals surface area contributed by atoms with Gasteiger partial charge in [0.2, 0.25) is 6.41 Å². The van der Waals surface area contributed by atoms with Crippen molar-refractivity contribution in [2.75, 3.05) is 44.7 Å². The number of piperazine rings is 1. The summed E-state index contributed by atoms with van der Waals surface area (Å²) in [6, 6.07) is 1.05. The van der Waals surface area contributed by atoms with Gasteiger partial charge in [0, 0.05) is 45.8 Å². The van der Waals surface area contributed by atoms with Gasteiger partial charge in [-0.25, -0.2) is 18.7 Å². The van der Waals surface area contributed by atoms with Gasteiger partial charge >= 0.3 is 0 Å². The maximum atomic E-state index is 13.8. The van der Waals surface area contributed by atoms with Crippen molar-refractivity contribution in [1.82, 2.24) is 28.5 Å². The van der Waals surface area contributed by atoms with Crippen LogP contribution in [0.5, 0.6) is 0 Å². The maximum absolute atomic E-state index is 13.8. The summed E-state index contributed by atoms with van der Waals surface area (Å²) in [5.41, 5.74) is 0.186. The van der Waals surface area contributed by atoms with Crippen molar-refractivity contribution in [2.45, 2.75) is 36.8 Å². The van der Waals surface area contributed by atoms with E-state index >= 15 is 0 Å². The van der Waals surface area contributed by atoms with E-state index in [0.717, 1.165) is 38.9 Å². The molecule has 0 radical (unpaired) electrons. The Morgan fingerprint density at radius 3 is 2.78 bits per heavy atom. The maximum Gasteiger partial charge on any atom is 0.282 e.